The Labute approximate surface area is 219 Å². The summed E-state index contributed by atoms with van der Waals surface area (Å²) in [5.41, 5.74) is 5.23. The molecule has 0 radical (unpaired) electrons. The van der Waals surface area contributed by atoms with E-state index >= 15 is 0 Å². The minimum Gasteiger partial charge on any atom is -0.383 e. The average molecular weight is 499 g/mol. The smallest absolute Gasteiger partial charge is 0.192 e. The predicted molar refractivity (Wildman–Crippen MR) is 150 cm³/mol. The van der Waals surface area contributed by atoms with Crippen LogP contribution in [0.2, 0.25) is 0 Å². The fraction of sp³-hybridized carbons (Fsp3) is 0.0625. The molecule has 0 bridgehead atoms. The van der Waals surface area contributed by atoms with Crippen LogP contribution in [0.3, 0.4) is 0 Å². The number of aryl methyl sites for hydroxylation is 1. The van der Waals surface area contributed by atoms with Crippen LogP contribution in [0.15, 0.2) is 103 Å². The van der Waals surface area contributed by atoms with Gasteiger partial charge >= 0.3 is 0 Å². The molecule has 4 aromatic carbocycles. The van der Waals surface area contributed by atoms with Crippen LogP contribution in [0.4, 0.5) is 16.4 Å². The maximum absolute atomic E-state index is 13.0. The molecule has 37 heavy (non-hydrogen) atoms. The second-order valence-electron chi connectivity index (χ2n) is 9.04. The number of rotatable bonds is 4. The van der Waals surface area contributed by atoms with E-state index in [0.29, 0.717) is 22.3 Å². The molecule has 5 aromatic rings. The highest BCUT2D eigenvalue weighted by atomic mass is 32.1. The van der Waals surface area contributed by atoms with Gasteiger partial charge in [-0.3, -0.25) is 4.79 Å². The molecular weight excluding hydrogens is 476 g/mol. The van der Waals surface area contributed by atoms with Crippen LogP contribution in [0.5, 0.6) is 0 Å². The third-order valence-corrected chi connectivity index (χ3v) is 7.80. The van der Waals surface area contributed by atoms with Crippen molar-refractivity contribution in [2.45, 2.75) is 13.0 Å². The molecule has 0 amide bonds. The second kappa shape index (κ2) is 9.18. The number of benzene rings is 4. The summed E-state index contributed by atoms with van der Waals surface area (Å²) < 4.78 is 0. The number of aliphatic hydroxyl groups excluding tert-OH is 1. The highest BCUT2D eigenvalue weighted by molar-refractivity contribution is 7.17. The minimum absolute atomic E-state index is 0.138. The van der Waals surface area contributed by atoms with E-state index in [-0.39, 0.29) is 5.78 Å². The molecule has 5 heteroatoms. The van der Waals surface area contributed by atoms with E-state index in [2.05, 4.69) is 42.2 Å². The number of ketones is 1. The number of carbonyl (C=O) groups is 1. The van der Waals surface area contributed by atoms with Gasteiger partial charge in [-0.1, -0.05) is 60.7 Å². The van der Waals surface area contributed by atoms with Crippen molar-refractivity contribution in [3.05, 3.63) is 130 Å². The van der Waals surface area contributed by atoms with Crippen molar-refractivity contribution in [3.8, 4) is 6.07 Å². The van der Waals surface area contributed by atoms with Gasteiger partial charge in [-0.15, -0.1) is 11.3 Å². The van der Waals surface area contributed by atoms with E-state index in [1.165, 1.54) is 16.9 Å². The van der Waals surface area contributed by atoms with Gasteiger partial charge in [-0.25, -0.2) is 0 Å². The maximum atomic E-state index is 13.0. The summed E-state index contributed by atoms with van der Waals surface area (Å²) in [5.74, 6) is -0.138. The summed E-state index contributed by atoms with van der Waals surface area (Å²) in [6.07, 6.45) is 0.858. The molecular formula is C32H22N2O2S. The van der Waals surface area contributed by atoms with Crippen LogP contribution >= 0.6 is 11.3 Å². The zero-order valence-corrected chi connectivity index (χ0v) is 20.9. The Morgan fingerprint density at radius 1 is 0.919 bits per heavy atom. The van der Waals surface area contributed by atoms with Gasteiger partial charge in [-0.2, -0.15) is 5.26 Å². The van der Waals surface area contributed by atoms with Gasteiger partial charge in [0.15, 0.2) is 5.78 Å². The van der Waals surface area contributed by atoms with Gasteiger partial charge in [0.1, 0.15) is 11.1 Å². The Kier molecular flexibility index (Phi) is 5.69. The Bertz CT molecular complexity index is 1760. The summed E-state index contributed by atoms with van der Waals surface area (Å²) in [5, 5.41) is 23.6. The quantitative estimate of drug-likeness (QED) is 0.256. The zero-order valence-electron chi connectivity index (χ0n) is 20.1. The van der Waals surface area contributed by atoms with Crippen molar-refractivity contribution >= 4 is 50.3 Å². The fourth-order valence-corrected chi connectivity index (χ4v) is 5.95. The molecule has 1 aromatic heterocycles. The van der Waals surface area contributed by atoms with Gasteiger partial charge in [0.2, 0.25) is 0 Å². The van der Waals surface area contributed by atoms with Crippen molar-refractivity contribution in [1.82, 2.24) is 0 Å². The molecule has 178 valence electrons. The zero-order chi connectivity index (χ0) is 25.5. The third kappa shape index (κ3) is 3.93. The first-order valence-corrected chi connectivity index (χ1v) is 12.8. The van der Waals surface area contributed by atoms with Crippen LogP contribution in [-0.4, -0.2) is 10.9 Å². The molecule has 0 spiro atoms. The van der Waals surface area contributed by atoms with Gasteiger partial charge in [0.25, 0.3) is 0 Å². The lowest BCUT2D eigenvalue weighted by Gasteiger charge is -2.25. The summed E-state index contributed by atoms with van der Waals surface area (Å²) in [6.45, 7) is 2.10. The number of carbonyl (C=O) groups excluding carboxylic acids is 1. The largest absolute Gasteiger partial charge is 0.383 e. The second-order valence-corrected chi connectivity index (χ2v) is 10.1. The molecule has 1 aliphatic rings. The number of hydrogen-bond donors (Lipinski definition) is 1. The van der Waals surface area contributed by atoms with Gasteiger partial charge in [0, 0.05) is 27.1 Å². The highest BCUT2D eigenvalue weighted by Gasteiger charge is 2.33. The van der Waals surface area contributed by atoms with Crippen LogP contribution in [0.1, 0.15) is 38.0 Å². The Hall–Kier alpha value is -4.50. The standard InChI is InChI=1S/C32H22N2O2S/c1-20-13-15-29(25-10-3-2-9-24(20)25)34(22-8-6-7-21(17-22)19-33)30-16-14-23(37-30)18-28-31(35)26-11-4-5-12-27(26)32(28)36/h2-18,31,35H,1H3/b28-18+. The third-order valence-electron chi connectivity index (χ3n) is 6.78. The fourth-order valence-electron chi connectivity index (χ4n) is 4.96. The van der Waals surface area contributed by atoms with Crippen LogP contribution < -0.4 is 4.90 Å². The number of nitrogens with zero attached hydrogens (tertiary/aromatic N) is 2. The number of Topliss-reactive ketones (excluding diaryl/α,β-unsaturated/α-hetero) is 1. The lowest BCUT2D eigenvalue weighted by molar-refractivity contribution is 0.102. The van der Waals surface area contributed by atoms with E-state index in [0.717, 1.165) is 32.0 Å². The van der Waals surface area contributed by atoms with Crippen molar-refractivity contribution in [2.24, 2.45) is 0 Å². The molecule has 0 aliphatic heterocycles. The monoisotopic (exact) mass is 498 g/mol. The van der Waals surface area contributed by atoms with Gasteiger partial charge in [-0.05, 0) is 65.9 Å². The van der Waals surface area contributed by atoms with Crippen molar-refractivity contribution in [1.29, 1.82) is 5.26 Å². The first-order valence-electron chi connectivity index (χ1n) is 12.0. The Morgan fingerprint density at radius 2 is 1.70 bits per heavy atom. The lowest BCUT2D eigenvalue weighted by Crippen LogP contribution is -2.09. The average Bonchev–Trinajstić information content (AvgIpc) is 3.49. The number of anilines is 3. The molecule has 1 atom stereocenters. The molecule has 0 fully saturated rings. The molecule has 6 rings (SSSR count). The van der Waals surface area contributed by atoms with Crippen LogP contribution in [-0.2, 0) is 0 Å². The van der Waals surface area contributed by atoms with E-state index in [9.17, 15) is 15.2 Å². The number of thiophene rings is 1. The van der Waals surface area contributed by atoms with Gasteiger partial charge < -0.3 is 10.0 Å². The summed E-state index contributed by atoms with van der Waals surface area (Å²) in [6, 6.07) is 33.5. The number of hydrogen-bond acceptors (Lipinski definition) is 5. The number of nitriles is 1. The molecule has 1 N–H and O–H groups in total. The summed E-state index contributed by atoms with van der Waals surface area (Å²) in [7, 11) is 0. The first kappa shape index (κ1) is 22.9. The first-order chi connectivity index (χ1) is 18.0. The normalized spacial score (nSPS) is 15.6. The predicted octanol–water partition coefficient (Wildman–Crippen LogP) is 7.86. The molecule has 0 saturated heterocycles. The topological polar surface area (TPSA) is 64.3 Å². The summed E-state index contributed by atoms with van der Waals surface area (Å²) in [4.78, 5) is 16.0. The van der Waals surface area contributed by atoms with Crippen LogP contribution in [0.25, 0.3) is 16.8 Å². The van der Waals surface area contributed by atoms with E-state index in [4.69, 9.17) is 0 Å². The maximum Gasteiger partial charge on any atom is 0.192 e. The van der Waals surface area contributed by atoms with Crippen LogP contribution in [0, 0.1) is 18.3 Å². The molecule has 1 unspecified atom stereocenters. The number of fused-ring (bicyclic) bond motifs is 2. The highest BCUT2D eigenvalue weighted by Crippen LogP contribution is 2.44. The van der Waals surface area contributed by atoms with E-state index in [1.54, 1.807) is 24.3 Å². The van der Waals surface area contributed by atoms with Crippen molar-refractivity contribution < 1.29 is 9.90 Å². The van der Waals surface area contributed by atoms with Crippen molar-refractivity contribution in [3.63, 3.8) is 0 Å². The molecule has 0 saturated carbocycles. The van der Waals surface area contributed by atoms with E-state index < -0.39 is 6.10 Å². The number of aliphatic hydroxyl groups is 1. The minimum atomic E-state index is -0.932. The molecule has 1 heterocycles. The van der Waals surface area contributed by atoms with Crippen molar-refractivity contribution in [2.75, 3.05) is 4.90 Å². The van der Waals surface area contributed by atoms with E-state index in [1.807, 2.05) is 54.6 Å². The Morgan fingerprint density at radius 3 is 2.51 bits per heavy atom. The lowest BCUT2D eigenvalue weighted by atomic mass is 10.0. The van der Waals surface area contributed by atoms with Gasteiger partial charge in [0.05, 0.1) is 17.3 Å². The summed E-state index contributed by atoms with van der Waals surface area (Å²) >= 11 is 1.53. The molecule has 1 aliphatic carbocycles. The SMILES string of the molecule is Cc1ccc(N(c2cccc(C#N)c2)c2ccc(/C=C3/C(=O)c4ccccc4C3O)s2)c2ccccc12. The Balaban J connectivity index is 1.48. The molecule has 4 nitrogen and oxygen atoms in total.